The summed E-state index contributed by atoms with van der Waals surface area (Å²) in [5.74, 6) is 2.64. The van der Waals surface area contributed by atoms with Crippen molar-refractivity contribution in [1.82, 2.24) is 9.66 Å². The summed E-state index contributed by atoms with van der Waals surface area (Å²) in [4.78, 5) is 18.8. The quantitative estimate of drug-likeness (QED) is 0.107. The summed E-state index contributed by atoms with van der Waals surface area (Å²) in [6.45, 7) is 8.86. The van der Waals surface area contributed by atoms with Crippen LogP contribution in [0.1, 0.15) is 48.9 Å². The van der Waals surface area contributed by atoms with E-state index in [2.05, 4.69) is 36.4 Å². The Kier molecular flexibility index (Phi) is 9.90. The Bertz CT molecular complexity index is 1920. The number of benzene rings is 4. The molecule has 9 heteroatoms. The van der Waals surface area contributed by atoms with Gasteiger partial charge >= 0.3 is 0 Å². The van der Waals surface area contributed by atoms with Crippen LogP contribution in [0.3, 0.4) is 0 Å². The molecule has 0 saturated heterocycles. The minimum Gasteiger partial charge on any atom is -0.496 e. The topological polar surface area (TPSA) is 74.9 Å². The van der Waals surface area contributed by atoms with Crippen LogP contribution >= 0.6 is 34.2 Å². The summed E-state index contributed by atoms with van der Waals surface area (Å²) in [5, 5.41) is 5.83. The molecule has 0 radical (unpaired) electrons. The minimum atomic E-state index is -0.261. The molecule has 226 valence electrons. The van der Waals surface area contributed by atoms with Crippen molar-refractivity contribution in [2.24, 2.45) is 5.10 Å². The zero-order valence-corrected chi connectivity index (χ0v) is 28.1. The molecule has 0 bridgehead atoms. The van der Waals surface area contributed by atoms with E-state index in [9.17, 15) is 4.79 Å². The first-order valence-corrected chi connectivity index (χ1v) is 15.7. The normalized spacial score (nSPS) is 11.5. The first kappa shape index (κ1) is 31.5. The maximum Gasteiger partial charge on any atom is 0.282 e. The molecule has 44 heavy (non-hydrogen) atoms. The predicted molar refractivity (Wildman–Crippen MR) is 186 cm³/mol. The zero-order valence-electron chi connectivity index (χ0n) is 25.2. The highest BCUT2D eigenvalue weighted by Gasteiger charge is 2.19. The Balaban J connectivity index is 1.60. The summed E-state index contributed by atoms with van der Waals surface area (Å²) in [7, 11) is 1.67. The molecule has 0 amide bonds. The van der Waals surface area contributed by atoms with Gasteiger partial charge in [-0.25, -0.2) is 4.98 Å². The van der Waals surface area contributed by atoms with Gasteiger partial charge in [0.15, 0.2) is 17.3 Å². The van der Waals surface area contributed by atoms with E-state index in [1.165, 1.54) is 4.68 Å². The molecular formula is C35H33ClIN3O4. The number of fused-ring (bicyclic) bond motifs is 1. The molecule has 0 aliphatic rings. The van der Waals surface area contributed by atoms with E-state index >= 15 is 0 Å². The van der Waals surface area contributed by atoms with Crippen molar-refractivity contribution in [1.29, 1.82) is 0 Å². The molecule has 1 aromatic heterocycles. The van der Waals surface area contributed by atoms with Crippen LogP contribution < -0.4 is 19.8 Å². The van der Waals surface area contributed by atoms with Gasteiger partial charge in [-0.05, 0) is 102 Å². The lowest BCUT2D eigenvalue weighted by Crippen LogP contribution is -2.21. The van der Waals surface area contributed by atoms with Gasteiger partial charge in [-0.3, -0.25) is 4.79 Å². The van der Waals surface area contributed by atoms with Crippen LogP contribution in [0.15, 0.2) is 82.7 Å². The first-order chi connectivity index (χ1) is 21.2. The zero-order chi connectivity index (χ0) is 31.4. The van der Waals surface area contributed by atoms with Crippen molar-refractivity contribution in [3.05, 3.63) is 114 Å². The number of hydrogen-bond acceptors (Lipinski definition) is 6. The number of aromatic nitrogens is 2. The molecule has 1 heterocycles. The molecular weight excluding hydrogens is 689 g/mol. The molecule has 0 N–H and O–H groups in total. The molecule has 0 unspecified atom stereocenters. The number of hydrogen-bond donors (Lipinski definition) is 0. The average Bonchev–Trinajstić information content (AvgIpc) is 3.00. The van der Waals surface area contributed by atoms with Gasteiger partial charge in [0.2, 0.25) is 0 Å². The van der Waals surface area contributed by atoms with Gasteiger partial charge in [0, 0.05) is 16.1 Å². The molecule has 5 aromatic rings. The molecule has 7 nitrogen and oxygen atoms in total. The number of rotatable bonds is 10. The lowest BCUT2D eigenvalue weighted by Gasteiger charge is -2.17. The van der Waals surface area contributed by atoms with Crippen LogP contribution in [0.25, 0.3) is 22.3 Å². The third-order valence-corrected chi connectivity index (χ3v) is 8.35. The van der Waals surface area contributed by atoms with Crippen molar-refractivity contribution in [3.63, 3.8) is 0 Å². The third-order valence-electron chi connectivity index (χ3n) is 7.18. The fourth-order valence-corrected chi connectivity index (χ4v) is 5.90. The number of halogens is 2. The van der Waals surface area contributed by atoms with Crippen molar-refractivity contribution >= 4 is 51.3 Å². The van der Waals surface area contributed by atoms with Crippen LogP contribution in [0.4, 0.5) is 0 Å². The van der Waals surface area contributed by atoms with Gasteiger partial charge in [-0.15, -0.1) is 0 Å². The van der Waals surface area contributed by atoms with Crippen molar-refractivity contribution in [2.75, 3.05) is 13.7 Å². The smallest absolute Gasteiger partial charge is 0.282 e. The SMILES string of the molecule is CCOc1cc(C=Nn2c(-c3cc(C(C)C)c(OC)cc3C)nc3ccccc3c2=O)cc(I)c1OCc1ccccc1Cl. The second-order valence-corrected chi connectivity index (χ2v) is 12.1. The van der Waals surface area contributed by atoms with Crippen molar-refractivity contribution in [3.8, 4) is 28.6 Å². The summed E-state index contributed by atoms with van der Waals surface area (Å²) >= 11 is 8.56. The standard InChI is InChI=1S/C35H33ClIN3O4/c1-6-43-32-17-23(16-29(37)33(32)44-20-24-11-7-9-13-28(24)36)19-38-40-34(39-30-14-10-8-12-25(30)35(40)41)27-18-26(21(2)3)31(42-5)15-22(27)4/h7-19,21H,6,20H2,1-5H3. The van der Waals surface area contributed by atoms with Crippen LogP contribution in [0.5, 0.6) is 17.2 Å². The molecule has 0 fully saturated rings. The Morgan fingerprint density at radius 2 is 1.77 bits per heavy atom. The lowest BCUT2D eigenvalue weighted by atomic mass is 9.96. The number of methoxy groups -OCH3 is 1. The highest BCUT2D eigenvalue weighted by molar-refractivity contribution is 14.1. The summed E-state index contributed by atoms with van der Waals surface area (Å²) in [5.41, 5.74) is 4.71. The highest BCUT2D eigenvalue weighted by atomic mass is 127. The molecule has 0 saturated carbocycles. The number of aryl methyl sites for hydroxylation is 1. The van der Waals surface area contributed by atoms with Gasteiger partial charge in [-0.2, -0.15) is 9.78 Å². The summed E-state index contributed by atoms with van der Waals surface area (Å²) in [6, 6.07) is 22.7. The monoisotopic (exact) mass is 721 g/mol. The second-order valence-electron chi connectivity index (χ2n) is 10.5. The maximum atomic E-state index is 13.9. The molecule has 0 aliphatic heterocycles. The minimum absolute atomic E-state index is 0.200. The number of nitrogens with zero attached hydrogens (tertiary/aromatic N) is 3. The van der Waals surface area contributed by atoms with E-state index in [4.69, 9.17) is 35.9 Å². The highest BCUT2D eigenvalue weighted by Crippen LogP contribution is 2.36. The van der Waals surface area contributed by atoms with E-state index in [1.807, 2.05) is 80.6 Å². The van der Waals surface area contributed by atoms with Gasteiger partial charge in [0.05, 0.1) is 34.4 Å². The molecule has 0 atom stereocenters. The number of ether oxygens (including phenoxy) is 3. The molecule has 4 aromatic carbocycles. The third kappa shape index (κ3) is 6.61. The molecule has 0 spiro atoms. The van der Waals surface area contributed by atoms with Crippen LogP contribution in [-0.4, -0.2) is 29.6 Å². The van der Waals surface area contributed by atoms with E-state index < -0.39 is 0 Å². The van der Waals surface area contributed by atoms with Gasteiger partial charge in [-0.1, -0.05) is 55.8 Å². The summed E-state index contributed by atoms with van der Waals surface area (Å²) < 4.78 is 20.0. The fraction of sp³-hybridized carbons (Fsp3) is 0.229. The van der Waals surface area contributed by atoms with Crippen molar-refractivity contribution < 1.29 is 14.2 Å². The van der Waals surface area contributed by atoms with E-state index in [0.29, 0.717) is 46.5 Å². The van der Waals surface area contributed by atoms with E-state index in [-0.39, 0.29) is 11.5 Å². The Morgan fingerprint density at radius 3 is 2.50 bits per heavy atom. The maximum absolute atomic E-state index is 13.9. The fourth-order valence-electron chi connectivity index (χ4n) is 4.93. The average molecular weight is 722 g/mol. The summed E-state index contributed by atoms with van der Waals surface area (Å²) in [6.07, 6.45) is 1.64. The van der Waals surface area contributed by atoms with Gasteiger partial charge in [0.1, 0.15) is 12.4 Å². The second kappa shape index (κ2) is 13.8. The number of para-hydroxylation sites is 1. The van der Waals surface area contributed by atoms with Crippen LogP contribution in [-0.2, 0) is 6.61 Å². The van der Waals surface area contributed by atoms with E-state index in [0.717, 1.165) is 37.1 Å². The largest absolute Gasteiger partial charge is 0.496 e. The van der Waals surface area contributed by atoms with Crippen molar-refractivity contribution in [2.45, 2.75) is 40.2 Å². The molecule has 0 aliphatic carbocycles. The van der Waals surface area contributed by atoms with Gasteiger partial charge in [0.25, 0.3) is 5.56 Å². The Morgan fingerprint density at radius 1 is 1.02 bits per heavy atom. The predicted octanol–water partition coefficient (Wildman–Crippen LogP) is 8.62. The Hall–Kier alpha value is -3.89. The van der Waals surface area contributed by atoms with Crippen LogP contribution in [0, 0.1) is 10.5 Å². The van der Waals surface area contributed by atoms with Gasteiger partial charge < -0.3 is 14.2 Å². The Labute approximate surface area is 275 Å². The van der Waals surface area contributed by atoms with E-state index in [1.54, 1.807) is 19.4 Å². The van der Waals surface area contributed by atoms with Crippen LogP contribution in [0.2, 0.25) is 5.02 Å². The molecule has 5 rings (SSSR count). The first-order valence-electron chi connectivity index (χ1n) is 14.3. The lowest BCUT2D eigenvalue weighted by molar-refractivity contribution is 0.267.